The number of rotatable bonds is 5. The quantitative estimate of drug-likeness (QED) is 0.780. The molecular weight excluding hydrogens is 232 g/mol. The zero-order chi connectivity index (χ0) is 11.9. The van der Waals surface area contributed by atoms with Crippen LogP contribution in [0.5, 0.6) is 0 Å². The highest BCUT2D eigenvalue weighted by molar-refractivity contribution is 7.99. The third-order valence-electron chi connectivity index (χ3n) is 4.01. The van der Waals surface area contributed by atoms with E-state index in [0.29, 0.717) is 12.6 Å². The normalized spacial score (nSPS) is 28.4. The molecule has 4 heteroatoms. The van der Waals surface area contributed by atoms with Gasteiger partial charge in [-0.3, -0.25) is 4.90 Å². The van der Waals surface area contributed by atoms with Crippen molar-refractivity contribution < 1.29 is 5.11 Å². The first kappa shape index (κ1) is 13.7. The van der Waals surface area contributed by atoms with Crippen molar-refractivity contribution in [2.45, 2.75) is 44.2 Å². The predicted octanol–water partition coefficient (Wildman–Crippen LogP) is 1.32. The van der Waals surface area contributed by atoms with Crippen LogP contribution >= 0.6 is 11.8 Å². The van der Waals surface area contributed by atoms with Crippen LogP contribution in [-0.2, 0) is 0 Å². The van der Waals surface area contributed by atoms with Gasteiger partial charge in [-0.05, 0) is 43.7 Å². The van der Waals surface area contributed by atoms with Crippen molar-refractivity contribution in [1.29, 1.82) is 0 Å². The number of nitrogens with one attached hydrogen (secondary N) is 1. The fourth-order valence-corrected chi connectivity index (χ4v) is 3.98. The van der Waals surface area contributed by atoms with E-state index < -0.39 is 0 Å². The van der Waals surface area contributed by atoms with Gasteiger partial charge >= 0.3 is 0 Å². The van der Waals surface area contributed by atoms with Crippen molar-refractivity contribution in [2.75, 3.05) is 37.7 Å². The lowest BCUT2D eigenvalue weighted by Gasteiger charge is -2.35. The molecule has 1 atom stereocenters. The summed E-state index contributed by atoms with van der Waals surface area (Å²) in [5, 5.41) is 13.0. The summed E-state index contributed by atoms with van der Waals surface area (Å²) < 4.78 is 0. The SMILES string of the molecule is OC[C@H]1CCCCN1CCNC1CCSCC1. The van der Waals surface area contributed by atoms with Crippen molar-refractivity contribution in [1.82, 2.24) is 10.2 Å². The predicted molar refractivity (Wildman–Crippen MR) is 74.6 cm³/mol. The number of hydrogen-bond acceptors (Lipinski definition) is 4. The van der Waals surface area contributed by atoms with Crippen LogP contribution in [0.2, 0.25) is 0 Å². The van der Waals surface area contributed by atoms with E-state index in [2.05, 4.69) is 22.0 Å². The number of likely N-dealkylation sites (tertiary alicyclic amines) is 1. The lowest BCUT2D eigenvalue weighted by molar-refractivity contribution is 0.0902. The van der Waals surface area contributed by atoms with Crippen LogP contribution in [0.25, 0.3) is 0 Å². The third kappa shape index (κ3) is 4.43. The average Bonchev–Trinajstić information content (AvgIpc) is 2.40. The molecule has 2 N–H and O–H groups in total. The molecule has 100 valence electrons. The van der Waals surface area contributed by atoms with Crippen LogP contribution in [0.1, 0.15) is 32.1 Å². The van der Waals surface area contributed by atoms with Crippen molar-refractivity contribution in [3.63, 3.8) is 0 Å². The maximum absolute atomic E-state index is 9.34. The molecule has 17 heavy (non-hydrogen) atoms. The maximum atomic E-state index is 9.34. The minimum Gasteiger partial charge on any atom is -0.395 e. The van der Waals surface area contributed by atoms with E-state index in [4.69, 9.17) is 0 Å². The van der Waals surface area contributed by atoms with Crippen LogP contribution in [0.15, 0.2) is 0 Å². The van der Waals surface area contributed by atoms with Crippen LogP contribution in [0.4, 0.5) is 0 Å². The van der Waals surface area contributed by atoms with Gasteiger partial charge in [-0.1, -0.05) is 6.42 Å². The summed E-state index contributed by atoms with van der Waals surface area (Å²) in [5.74, 6) is 2.64. The van der Waals surface area contributed by atoms with Crippen LogP contribution in [0.3, 0.4) is 0 Å². The topological polar surface area (TPSA) is 35.5 Å². The Balaban J connectivity index is 1.62. The van der Waals surface area contributed by atoms with E-state index in [1.165, 1.54) is 50.2 Å². The minimum atomic E-state index is 0.333. The molecule has 0 aliphatic carbocycles. The number of aliphatic hydroxyl groups excluding tert-OH is 1. The summed E-state index contributed by atoms with van der Waals surface area (Å²) in [4.78, 5) is 2.47. The van der Waals surface area contributed by atoms with Gasteiger partial charge in [0.2, 0.25) is 0 Å². The number of aliphatic hydroxyl groups is 1. The van der Waals surface area contributed by atoms with Crippen molar-refractivity contribution >= 4 is 11.8 Å². The van der Waals surface area contributed by atoms with E-state index in [9.17, 15) is 5.11 Å². The Hall–Kier alpha value is 0.230. The molecule has 2 fully saturated rings. The Kier molecular flexibility index (Phi) is 6.12. The first-order valence-corrected chi connectivity index (χ1v) is 8.21. The van der Waals surface area contributed by atoms with Crippen LogP contribution in [0, 0.1) is 0 Å². The second kappa shape index (κ2) is 7.62. The molecule has 0 aromatic heterocycles. The van der Waals surface area contributed by atoms with E-state index in [0.717, 1.165) is 19.1 Å². The van der Waals surface area contributed by atoms with E-state index in [1.807, 2.05) is 0 Å². The lowest BCUT2D eigenvalue weighted by Crippen LogP contribution is -2.46. The molecule has 0 spiro atoms. The number of piperidine rings is 1. The number of hydrogen-bond donors (Lipinski definition) is 2. The zero-order valence-electron chi connectivity index (χ0n) is 10.7. The second-order valence-corrected chi connectivity index (χ2v) is 6.43. The molecule has 0 aromatic carbocycles. The third-order valence-corrected chi connectivity index (χ3v) is 5.06. The molecule has 0 aromatic rings. The number of thioether (sulfide) groups is 1. The summed E-state index contributed by atoms with van der Waals surface area (Å²) >= 11 is 2.08. The molecule has 0 saturated carbocycles. The molecule has 0 amide bonds. The molecule has 2 heterocycles. The van der Waals surface area contributed by atoms with Gasteiger partial charge in [0.15, 0.2) is 0 Å². The Morgan fingerprint density at radius 2 is 2.00 bits per heavy atom. The first-order valence-electron chi connectivity index (χ1n) is 7.06. The summed E-state index contributed by atoms with van der Waals surface area (Å²) in [5.41, 5.74) is 0. The van der Waals surface area contributed by atoms with Crippen LogP contribution < -0.4 is 5.32 Å². The molecule has 0 radical (unpaired) electrons. The second-order valence-electron chi connectivity index (χ2n) is 5.21. The highest BCUT2D eigenvalue weighted by atomic mass is 32.2. The standard InChI is InChI=1S/C13H26N2OS/c16-11-13-3-1-2-7-15(13)8-6-14-12-4-9-17-10-5-12/h12-14,16H,1-11H2/t13-/m1/s1. The molecule has 2 saturated heterocycles. The lowest BCUT2D eigenvalue weighted by atomic mass is 10.0. The highest BCUT2D eigenvalue weighted by Gasteiger charge is 2.21. The van der Waals surface area contributed by atoms with Crippen molar-refractivity contribution in [3.8, 4) is 0 Å². The first-order chi connectivity index (χ1) is 8.40. The molecule has 3 nitrogen and oxygen atoms in total. The molecule has 2 aliphatic rings. The van der Waals surface area contributed by atoms with Gasteiger partial charge in [0.25, 0.3) is 0 Å². The van der Waals surface area contributed by atoms with Gasteiger partial charge in [0.05, 0.1) is 6.61 Å². The van der Waals surface area contributed by atoms with Gasteiger partial charge in [0, 0.05) is 25.2 Å². The van der Waals surface area contributed by atoms with Gasteiger partial charge in [-0.2, -0.15) is 11.8 Å². The van der Waals surface area contributed by atoms with Gasteiger partial charge < -0.3 is 10.4 Å². The van der Waals surface area contributed by atoms with Crippen molar-refractivity contribution in [2.24, 2.45) is 0 Å². The van der Waals surface area contributed by atoms with Gasteiger partial charge in [-0.25, -0.2) is 0 Å². The Morgan fingerprint density at radius 1 is 1.18 bits per heavy atom. The molecule has 2 aliphatic heterocycles. The van der Waals surface area contributed by atoms with E-state index in [-0.39, 0.29) is 0 Å². The Labute approximate surface area is 109 Å². The van der Waals surface area contributed by atoms with Gasteiger partial charge in [-0.15, -0.1) is 0 Å². The van der Waals surface area contributed by atoms with Crippen LogP contribution in [-0.4, -0.2) is 59.8 Å². The Bertz CT molecular complexity index is 210. The molecule has 0 bridgehead atoms. The van der Waals surface area contributed by atoms with E-state index in [1.54, 1.807) is 0 Å². The average molecular weight is 258 g/mol. The molecular formula is C13H26N2OS. The maximum Gasteiger partial charge on any atom is 0.0586 e. The zero-order valence-corrected chi connectivity index (χ0v) is 11.6. The highest BCUT2D eigenvalue weighted by Crippen LogP contribution is 2.18. The monoisotopic (exact) mass is 258 g/mol. The summed E-state index contributed by atoms with van der Waals surface area (Å²) in [6, 6.07) is 1.17. The Morgan fingerprint density at radius 3 is 2.76 bits per heavy atom. The summed E-state index contributed by atoms with van der Waals surface area (Å²) in [6.07, 6.45) is 6.42. The number of nitrogens with zero attached hydrogens (tertiary/aromatic N) is 1. The van der Waals surface area contributed by atoms with Crippen molar-refractivity contribution in [3.05, 3.63) is 0 Å². The molecule has 0 unspecified atom stereocenters. The van der Waals surface area contributed by atoms with Gasteiger partial charge in [0.1, 0.15) is 0 Å². The summed E-state index contributed by atoms with van der Waals surface area (Å²) in [6.45, 7) is 3.70. The fourth-order valence-electron chi connectivity index (χ4n) is 2.88. The smallest absolute Gasteiger partial charge is 0.0586 e. The van der Waals surface area contributed by atoms with E-state index >= 15 is 0 Å². The fraction of sp³-hybridized carbons (Fsp3) is 1.00. The minimum absolute atomic E-state index is 0.333. The summed E-state index contributed by atoms with van der Waals surface area (Å²) in [7, 11) is 0. The largest absolute Gasteiger partial charge is 0.395 e. The molecule has 2 rings (SSSR count).